The monoisotopic (exact) mass is 166 g/mol. The summed E-state index contributed by atoms with van der Waals surface area (Å²) in [5.41, 5.74) is 1.11. The first-order valence-electron chi connectivity index (χ1n) is 4.60. The maximum Gasteiger partial charge on any atom is 0.145 e. The molecule has 0 bridgehead atoms. The largest absolute Gasteiger partial charge is 0.298 e. The third kappa shape index (κ3) is 1.33. The zero-order chi connectivity index (χ0) is 9.52. The highest BCUT2D eigenvalue weighted by molar-refractivity contribution is 5.89. The number of carbonyl (C=O) groups excluding carboxylic acids is 1. The van der Waals surface area contributed by atoms with Gasteiger partial charge in [0, 0.05) is 11.3 Å². The molecule has 0 heterocycles. The van der Waals surface area contributed by atoms with Crippen LogP contribution in [0.4, 0.5) is 0 Å². The van der Waals surface area contributed by atoms with Crippen LogP contribution in [0, 0.1) is 17.3 Å². The van der Waals surface area contributed by atoms with Gasteiger partial charge in [-0.05, 0) is 26.7 Å². The Morgan fingerprint density at radius 3 is 2.25 bits per heavy atom. The Balaban J connectivity index is 3.08. The summed E-state index contributed by atoms with van der Waals surface area (Å²) in [4.78, 5) is 11.8. The van der Waals surface area contributed by atoms with E-state index in [2.05, 4.69) is 19.9 Å². The van der Waals surface area contributed by atoms with E-state index in [0.717, 1.165) is 0 Å². The minimum Gasteiger partial charge on any atom is -0.298 e. The van der Waals surface area contributed by atoms with Gasteiger partial charge in [-0.1, -0.05) is 25.5 Å². The molecule has 0 spiro atoms. The summed E-state index contributed by atoms with van der Waals surface area (Å²) < 4.78 is 0. The molecule has 0 aromatic heterocycles. The van der Waals surface area contributed by atoms with Crippen molar-refractivity contribution >= 4 is 5.78 Å². The smallest absolute Gasteiger partial charge is 0.145 e. The predicted octanol–water partition coefficient (Wildman–Crippen LogP) is 2.81. The molecule has 0 radical (unpaired) electrons. The third-order valence-electron chi connectivity index (χ3n) is 3.11. The Labute approximate surface area is 74.9 Å². The van der Waals surface area contributed by atoms with E-state index in [-0.39, 0.29) is 11.3 Å². The van der Waals surface area contributed by atoms with Gasteiger partial charge in [-0.15, -0.1) is 0 Å². The van der Waals surface area contributed by atoms with Gasteiger partial charge in [-0.3, -0.25) is 4.79 Å². The number of carbonyl (C=O) groups is 1. The third-order valence-corrected chi connectivity index (χ3v) is 3.11. The Morgan fingerprint density at radius 1 is 1.25 bits per heavy atom. The van der Waals surface area contributed by atoms with Gasteiger partial charge in [0.2, 0.25) is 0 Å². The van der Waals surface area contributed by atoms with E-state index in [0.29, 0.717) is 11.7 Å². The molecule has 68 valence electrons. The van der Waals surface area contributed by atoms with Crippen molar-refractivity contribution in [3.05, 3.63) is 11.6 Å². The van der Waals surface area contributed by atoms with Crippen LogP contribution in [-0.4, -0.2) is 5.78 Å². The molecule has 0 saturated heterocycles. The molecule has 0 amide bonds. The first kappa shape index (κ1) is 9.50. The Kier molecular flexibility index (Phi) is 2.15. The minimum atomic E-state index is -0.240. The molecule has 1 heteroatoms. The fourth-order valence-corrected chi connectivity index (χ4v) is 1.98. The first-order chi connectivity index (χ1) is 5.36. The van der Waals surface area contributed by atoms with Crippen molar-refractivity contribution in [2.75, 3.05) is 0 Å². The van der Waals surface area contributed by atoms with Crippen molar-refractivity contribution in [3.63, 3.8) is 0 Å². The average molecular weight is 166 g/mol. The molecule has 1 nitrogen and oxygen atoms in total. The number of ketones is 1. The van der Waals surface area contributed by atoms with Crippen LogP contribution in [0.25, 0.3) is 0 Å². The van der Waals surface area contributed by atoms with Crippen LogP contribution in [0.3, 0.4) is 0 Å². The molecule has 1 aliphatic carbocycles. The van der Waals surface area contributed by atoms with E-state index in [1.54, 1.807) is 0 Å². The molecule has 0 aromatic rings. The van der Waals surface area contributed by atoms with Crippen LogP contribution in [-0.2, 0) is 4.79 Å². The van der Waals surface area contributed by atoms with Crippen molar-refractivity contribution in [2.45, 2.75) is 34.6 Å². The van der Waals surface area contributed by atoms with Gasteiger partial charge in [0.1, 0.15) is 5.78 Å². The normalized spacial score (nSPS) is 34.8. The fraction of sp³-hybridized carbons (Fsp3) is 0.727. The highest BCUT2D eigenvalue weighted by Gasteiger charge is 2.36. The van der Waals surface area contributed by atoms with E-state index in [1.165, 1.54) is 5.57 Å². The summed E-state index contributed by atoms with van der Waals surface area (Å²) in [6.45, 7) is 10.3. The lowest BCUT2D eigenvalue weighted by Gasteiger charge is -2.34. The van der Waals surface area contributed by atoms with Gasteiger partial charge in [0.05, 0.1) is 0 Å². The molecular formula is C11H18O. The maximum atomic E-state index is 11.8. The lowest BCUT2D eigenvalue weighted by molar-refractivity contribution is -0.130. The van der Waals surface area contributed by atoms with Gasteiger partial charge >= 0.3 is 0 Å². The van der Waals surface area contributed by atoms with E-state index >= 15 is 0 Å². The Morgan fingerprint density at radius 2 is 1.75 bits per heavy atom. The highest BCUT2D eigenvalue weighted by Crippen LogP contribution is 2.36. The first-order valence-corrected chi connectivity index (χ1v) is 4.60. The Bertz CT molecular complexity index is 235. The highest BCUT2D eigenvalue weighted by atomic mass is 16.1. The zero-order valence-corrected chi connectivity index (χ0v) is 8.64. The second-order valence-corrected chi connectivity index (χ2v) is 4.55. The van der Waals surface area contributed by atoms with Crippen LogP contribution in [0.15, 0.2) is 11.6 Å². The van der Waals surface area contributed by atoms with E-state index in [9.17, 15) is 4.79 Å². The van der Waals surface area contributed by atoms with Crippen LogP contribution in [0.2, 0.25) is 0 Å². The standard InChI is InChI=1S/C11H18O/c1-7-6-11(4,5)10(12)9(3)8(7)2/h6,8-9H,1-5H3. The molecule has 1 rings (SSSR count). The fourth-order valence-electron chi connectivity index (χ4n) is 1.98. The molecule has 12 heavy (non-hydrogen) atoms. The number of hydrogen-bond acceptors (Lipinski definition) is 1. The summed E-state index contributed by atoms with van der Waals surface area (Å²) in [7, 11) is 0. The molecule has 1 aliphatic rings. The SMILES string of the molecule is CC1=CC(C)(C)C(=O)C(C)C1C. The van der Waals surface area contributed by atoms with Crippen LogP contribution in [0.1, 0.15) is 34.6 Å². The van der Waals surface area contributed by atoms with Gasteiger partial charge < -0.3 is 0 Å². The number of allylic oxidation sites excluding steroid dienone is 2. The molecule has 0 aromatic carbocycles. The van der Waals surface area contributed by atoms with Crippen molar-refractivity contribution in [1.29, 1.82) is 0 Å². The lowest BCUT2D eigenvalue weighted by atomic mass is 9.69. The maximum absolute atomic E-state index is 11.8. The average Bonchev–Trinajstić information content (AvgIpc) is 1.97. The van der Waals surface area contributed by atoms with Crippen molar-refractivity contribution in [3.8, 4) is 0 Å². The summed E-state index contributed by atoms with van der Waals surface area (Å²) >= 11 is 0. The molecule has 2 unspecified atom stereocenters. The van der Waals surface area contributed by atoms with Crippen LogP contribution < -0.4 is 0 Å². The van der Waals surface area contributed by atoms with Gasteiger partial charge in [-0.25, -0.2) is 0 Å². The van der Waals surface area contributed by atoms with Crippen molar-refractivity contribution in [1.82, 2.24) is 0 Å². The van der Waals surface area contributed by atoms with Gasteiger partial charge in [0.25, 0.3) is 0 Å². The van der Waals surface area contributed by atoms with Crippen LogP contribution in [0.5, 0.6) is 0 Å². The van der Waals surface area contributed by atoms with Gasteiger partial charge in [-0.2, -0.15) is 0 Å². The minimum absolute atomic E-state index is 0.185. The summed E-state index contributed by atoms with van der Waals surface area (Å²) in [6.07, 6.45) is 2.11. The summed E-state index contributed by atoms with van der Waals surface area (Å²) in [5.74, 6) is 0.983. The summed E-state index contributed by atoms with van der Waals surface area (Å²) in [6, 6.07) is 0. The van der Waals surface area contributed by atoms with E-state index in [4.69, 9.17) is 0 Å². The molecular weight excluding hydrogens is 148 g/mol. The molecule has 0 saturated carbocycles. The van der Waals surface area contributed by atoms with Crippen molar-refractivity contribution < 1.29 is 4.79 Å². The van der Waals surface area contributed by atoms with Crippen molar-refractivity contribution in [2.24, 2.45) is 17.3 Å². The second kappa shape index (κ2) is 2.72. The van der Waals surface area contributed by atoms with E-state index < -0.39 is 0 Å². The number of hydrogen-bond donors (Lipinski definition) is 0. The topological polar surface area (TPSA) is 17.1 Å². The molecule has 0 N–H and O–H groups in total. The molecule has 2 atom stereocenters. The quantitative estimate of drug-likeness (QED) is 0.506. The summed E-state index contributed by atoms with van der Waals surface area (Å²) in [5, 5.41) is 0. The predicted molar refractivity (Wildman–Crippen MR) is 50.9 cm³/mol. The van der Waals surface area contributed by atoms with Crippen LogP contribution >= 0.6 is 0 Å². The lowest BCUT2D eigenvalue weighted by Crippen LogP contribution is -2.36. The molecule has 0 fully saturated rings. The zero-order valence-electron chi connectivity index (χ0n) is 8.64. The van der Waals surface area contributed by atoms with Gasteiger partial charge in [0.15, 0.2) is 0 Å². The molecule has 0 aliphatic heterocycles. The second-order valence-electron chi connectivity index (χ2n) is 4.55. The Hall–Kier alpha value is -0.590. The number of rotatable bonds is 0. The number of Topliss-reactive ketones (excluding diaryl/α,β-unsaturated/α-hetero) is 1. The van der Waals surface area contributed by atoms with E-state index in [1.807, 2.05) is 20.8 Å².